The van der Waals surface area contributed by atoms with Gasteiger partial charge < -0.3 is 5.32 Å². The smallest absolute Gasteiger partial charge is 0.129 e. The maximum absolute atomic E-state index is 5.99. The second kappa shape index (κ2) is 5.08. The molecule has 18 heavy (non-hydrogen) atoms. The van der Waals surface area contributed by atoms with Crippen LogP contribution in [-0.4, -0.2) is 23.9 Å². The van der Waals surface area contributed by atoms with Gasteiger partial charge in [0.15, 0.2) is 0 Å². The molecule has 0 saturated carbocycles. The number of hydrogen-bond acceptors (Lipinski definition) is 4. The molecule has 1 atom stereocenters. The SMILES string of the molecule is Clc1cccc(C(C2=NCCN2)c2cccs2)n1. The number of amidine groups is 1. The van der Waals surface area contributed by atoms with Crippen molar-refractivity contribution in [1.82, 2.24) is 10.3 Å². The zero-order chi connectivity index (χ0) is 12.4. The summed E-state index contributed by atoms with van der Waals surface area (Å²) >= 11 is 7.70. The first-order valence-corrected chi connectivity index (χ1v) is 7.04. The van der Waals surface area contributed by atoms with Crippen molar-refractivity contribution in [1.29, 1.82) is 0 Å². The minimum atomic E-state index is 0.0752. The summed E-state index contributed by atoms with van der Waals surface area (Å²) in [6, 6.07) is 9.88. The highest BCUT2D eigenvalue weighted by molar-refractivity contribution is 7.10. The quantitative estimate of drug-likeness (QED) is 0.876. The van der Waals surface area contributed by atoms with E-state index in [1.807, 2.05) is 18.2 Å². The van der Waals surface area contributed by atoms with Gasteiger partial charge in [0.2, 0.25) is 0 Å². The van der Waals surface area contributed by atoms with Crippen molar-refractivity contribution >= 4 is 28.8 Å². The van der Waals surface area contributed by atoms with E-state index in [0.29, 0.717) is 5.15 Å². The van der Waals surface area contributed by atoms with Gasteiger partial charge in [0.1, 0.15) is 11.0 Å². The molecule has 0 fully saturated rings. The highest BCUT2D eigenvalue weighted by Gasteiger charge is 2.24. The van der Waals surface area contributed by atoms with Gasteiger partial charge in [-0.2, -0.15) is 0 Å². The van der Waals surface area contributed by atoms with Crippen LogP contribution < -0.4 is 5.32 Å². The summed E-state index contributed by atoms with van der Waals surface area (Å²) in [5.74, 6) is 1.07. The molecule has 2 aromatic heterocycles. The zero-order valence-corrected chi connectivity index (χ0v) is 11.2. The predicted molar refractivity (Wildman–Crippen MR) is 75.7 cm³/mol. The van der Waals surface area contributed by atoms with Gasteiger partial charge in [-0.15, -0.1) is 11.3 Å². The Kier molecular flexibility index (Phi) is 3.30. The summed E-state index contributed by atoms with van der Waals surface area (Å²) in [7, 11) is 0. The first kappa shape index (κ1) is 11.7. The van der Waals surface area contributed by atoms with E-state index in [1.54, 1.807) is 17.4 Å². The first-order chi connectivity index (χ1) is 8.84. The lowest BCUT2D eigenvalue weighted by atomic mass is 10.0. The Balaban J connectivity index is 2.05. The Morgan fingerprint density at radius 3 is 2.89 bits per heavy atom. The van der Waals surface area contributed by atoms with Gasteiger partial charge in [0, 0.05) is 11.4 Å². The number of aliphatic imine (C=N–C) groups is 1. The summed E-state index contributed by atoms with van der Waals surface area (Å²) in [6.45, 7) is 1.73. The van der Waals surface area contributed by atoms with Gasteiger partial charge in [-0.25, -0.2) is 4.98 Å². The van der Waals surface area contributed by atoms with Crippen molar-refractivity contribution in [2.45, 2.75) is 5.92 Å². The van der Waals surface area contributed by atoms with Crippen molar-refractivity contribution in [3.63, 3.8) is 0 Å². The van der Waals surface area contributed by atoms with Crippen LogP contribution in [0.5, 0.6) is 0 Å². The average Bonchev–Trinajstić information content (AvgIpc) is 3.02. The van der Waals surface area contributed by atoms with Crippen molar-refractivity contribution in [3.05, 3.63) is 51.4 Å². The summed E-state index contributed by atoms with van der Waals surface area (Å²) in [6.07, 6.45) is 0. The van der Waals surface area contributed by atoms with Crippen LogP contribution in [0.25, 0.3) is 0 Å². The highest BCUT2D eigenvalue weighted by atomic mass is 35.5. The minimum Gasteiger partial charge on any atom is -0.371 e. The third-order valence-electron chi connectivity index (χ3n) is 2.83. The monoisotopic (exact) mass is 277 g/mol. The lowest BCUT2D eigenvalue weighted by Gasteiger charge is -2.15. The maximum atomic E-state index is 5.99. The van der Waals surface area contributed by atoms with Gasteiger partial charge in [-0.3, -0.25) is 4.99 Å². The minimum absolute atomic E-state index is 0.0752. The van der Waals surface area contributed by atoms with Crippen LogP contribution in [0.4, 0.5) is 0 Å². The number of thiophene rings is 1. The molecule has 3 nitrogen and oxygen atoms in total. The fourth-order valence-electron chi connectivity index (χ4n) is 2.07. The maximum Gasteiger partial charge on any atom is 0.129 e. The molecule has 3 rings (SSSR count). The predicted octanol–water partition coefficient (Wildman–Crippen LogP) is 2.93. The molecule has 3 heterocycles. The lowest BCUT2D eigenvalue weighted by molar-refractivity contribution is 0.925. The topological polar surface area (TPSA) is 37.3 Å². The van der Waals surface area contributed by atoms with E-state index >= 15 is 0 Å². The van der Waals surface area contributed by atoms with Crippen LogP contribution in [0, 0.1) is 0 Å². The van der Waals surface area contributed by atoms with Crippen LogP contribution >= 0.6 is 22.9 Å². The van der Waals surface area contributed by atoms with Crippen LogP contribution in [0.2, 0.25) is 5.15 Å². The molecule has 0 aromatic carbocycles. The van der Waals surface area contributed by atoms with Crippen LogP contribution in [0.1, 0.15) is 16.5 Å². The van der Waals surface area contributed by atoms with E-state index in [4.69, 9.17) is 11.6 Å². The molecule has 0 saturated heterocycles. The second-order valence-corrected chi connectivity index (χ2v) is 5.39. The number of hydrogen-bond donors (Lipinski definition) is 1. The second-order valence-electron chi connectivity index (χ2n) is 4.03. The van der Waals surface area contributed by atoms with Gasteiger partial charge in [0.05, 0.1) is 18.2 Å². The zero-order valence-electron chi connectivity index (χ0n) is 9.64. The van der Waals surface area contributed by atoms with Gasteiger partial charge in [0.25, 0.3) is 0 Å². The highest BCUT2D eigenvalue weighted by Crippen LogP contribution is 2.29. The molecular weight excluding hydrogens is 266 g/mol. The lowest BCUT2D eigenvalue weighted by Crippen LogP contribution is -2.26. The van der Waals surface area contributed by atoms with E-state index in [1.165, 1.54) is 4.88 Å². The molecular formula is C13H12ClN3S. The van der Waals surface area contributed by atoms with Gasteiger partial charge in [-0.1, -0.05) is 23.7 Å². The summed E-state index contributed by atoms with van der Waals surface area (Å²) in [5.41, 5.74) is 0.943. The van der Waals surface area contributed by atoms with E-state index < -0.39 is 0 Å². The fraction of sp³-hybridized carbons (Fsp3) is 0.231. The Morgan fingerprint density at radius 1 is 1.28 bits per heavy atom. The Morgan fingerprint density at radius 2 is 2.22 bits per heavy atom. The molecule has 2 aromatic rings. The molecule has 92 valence electrons. The van der Waals surface area contributed by atoms with Gasteiger partial charge >= 0.3 is 0 Å². The van der Waals surface area contributed by atoms with Crippen LogP contribution in [0.3, 0.4) is 0 Å². The third kappa shape index (κ3) is 2.26. The number of nitrogens with zero attached hydrogens (tertiary/aromatic N) is 2. The van der Waals surface area contributed by atoms with Crippen molar-refractivity contribution in [3.8, 4) is 0 Å². The summed E-state index contributed by atoms with van der Waals surface area (Å²) in [4.78, 5) is 10.2. The Hall–Kier alpha value is -1.39. The van der Waals surface area contributed by atoms with Crippen molar-refractivity contribution in [2.75, 3.05) is 13.1 Å². The van der Waals surface area contributed by atoms with Gasteiger partial charge in [-0.05, 0) is 23.6 Å². The Labute approximate surface area is 115 Å². The average molecular weight is 278 g/mol. The molecule has 0 aliphatic carbocycles. The van der Waals surface area contributed by atoms with E-state index in [0.717, 1.165) is 24.6 Å². The number of aromatic nitrogens is 1. The molecule has 0 amide bonds. The molecule has 0 spiro atoms. The van der Waals surface area contributed by atoms with E-state index in [2.05, 4.69) is 26.7 Å². The number of halogens is 1. The van der Waals surface area contributed by atoms with Crippen LogP contribution in [0.15, 0.2) is 40.7 Å². The summed E-state index contributed by atoms with van der Waals surface area (Å²) in [5, 5.41) is 5.93. The molecule has 1 aliphatic rings. The number of pyridine rings is 1. The van der Waals surface area contributed by atoms with E-state index in [9.17, 15) is 0 Å². The summed E-state index contributed by atoms with van der Waals surface area (Å²) < 4.78 is 0. The molecule has 1 unspecified atom stereocenters. The molecule has 0 radical (unpaired) electrons. The molecule has 5 heteroatoms. The molecule has 1 aliphatic heterocycles. The Bertz CT molecular complexity index is 565. The normalized spacial score (nSPS) is 16.2. The molecule has 0 bridgehead atoms. The third-order valence-corrected chi connectivity index (χ3v) is 3.98. The largest absolute Gasteiger partial charge is 0.371 e. The molecule has 1 N–H and O–H groups in total. The first-order valence-electron chi connectivity index (χ1n) is 5.78. The van der Waals surface area contributed by atoms with Crippen LogP contribution in [-0.2, 0) is 0 Å². The standard InChI is InChI=1S/C13H12ClN3S/c14-11-5-1-3-9(17-11)12(10-4-2-8-18-10)13-15-6-7-16-13/h1-5,8,12H,6-7H2,(H,15,16). The van der Waals surface area contributed by atoms with Crippen molar-refractivity contribution in [2.24, 2.45) is 4.99 Å². The fourth-order valence-corrected chi connectivity index (χ4v) is 3.08. The van der Waals surface area contributed by atoms with E-state index in [-0.39, 0.29) is 5.92 Å². The van der Waals surface area contributed by atoms with Crippen molar-refractivity contribution < 1.29 is 0 Å². The number of nitrogens with one attached hydrogen (secondary N) is 1. The number of rotatable bonds is 3.